The van der Waals surface area contributed by atoms with Crippen LogP contribution in [0.15, 0.2) is 48.5 Å². The summed E-state index contributed by atoms with van der Waals surface area (Å²) in [6.45, 7) is -0.189. The fourth-order valence-corrected chi connectivity index (χ4v) is 3.75. The van der Waals surface area contributed by atoms with Crippen molar-refractivity contribution in [2.45, 2.75) is 13.2 Å². The summed E-state index contributed by atoms with van der Waals surface area (Å²) in [5.74, 6) is -1.57. The van der Waals surface area contributed by atoms with E-state index in [-0.39, 0.29) is 19.7 Å². The first kappa shape index (κ1) is 20.5. The lowest BCUT2D eigenvalue weighted by molar-refractivity contribution is -0.118. The molecule has 9 nitrogen and oxygen atoms in total. The zero-order chi connectivity index (χ0) is 21.0. The first-order valence-electron chi connectivity index (χ1n) is 8.52. The Hall–Kier alpha value is -3.24. The number of rotatable bonds is 6. The van der Waals surface area contributed by atoms with Crippen LogP contribution in [0.3, 0.4) is 0 Å². The lowest BCUT2D eigenvalue weighted by Gasteiger charge is -2.12. The third kappa shape index (κ3) is 4.98. The van der Waals surface area contributed by atoms with Gasteiger partial charge in [-0.1, -0.05) is 24.3 Å². The molecule has 1 aliphatic rings. The summed E-state index contributed by atoms with van der Waals surface area (Å²) in [7, 11) is -2.50. The van der Waals surface area contributed by atoms with E-state index >= 15 is 0 Å². The number of carbonyl (C=O) groups is 3. The van der Waals surface area contributed by atoms with Gasteiger partial charge in [0.25, 0.3) is 0 Å². The van der Waals surface area contributed by atoms with E-state index in [1.807, 2.05) is 4.72 Å². The van der Waals surface area contributed by atoms with E-state index in [9.17, 15) is 22.8 Å². The van der Waals surface area contributed by atoms with Crippen molar-refractivity contribution in [1.29, 1.82) is 0 Å². The highest BCUT2D eigenvalue weighted by Crippen LogP contribution is 2.14. The van der Waals surface area contributed by atoms with E-state index < -0.39 is 28.1 Å². The molecule has 2 aromatic carbocycles. The van der Waals surface area contributed by atoms with Crippen LogP contribution in [0, 0.1) is 0 Å². The Morgan fingerprint density at radius 1 is 0.966 bits per heavy atom. The number of hydrogen-bond donors (Lipinski definition) is 1. The van der Waals surface area contributed by atoms with Gasteiger partial charge >= 0.3 is 22.1 Å². The predicted molar refractivity (Wildman–Crippen MR) is 101 cm³/mol. The standard InChI is InChI=1S/C19H18N2O7S/c1-27-18(23)15-8-4-14(5-9-15)12-28-19(24)16-6-2-13(3-7-16)10-21-11-17(22)20-29(21,25)26/h2-9H,10-12H2,1H3,(H,20,22). The average molecular weight is 418 g/mol. The van der Waals surface area contributed by atoms with Crippen molar-refractivity contribution >= 4 is 28.1 Å². The Balaban J connectivity index is 1.56. The Morgan fingerprint density at radius 3 is 2.03 bits per heavy atom. The maximum Gasteiger partial charge on any atom is 0.338 e. The van der Waals surface area contributed by atoms with Crippen LogP contribution in [-0.2, 0) is 37.6 Å². The van der Waals surface area contributed by atoms with Gasteiger partial charge in [-0.3, -0.25) is 4.79 Å². The van der Waals surface area contributed by atoms with Gasteiger partial charge in [-0.15, -0.1) is 0 Å². The normalized spacial score (nSPS) is 15.6. The number of nitrogens with zero attached hydrogens (tertiary/aromatic N) is 1. The topological polar surface area (TPSA) is 119 Å². The van der Waals surface area contributed by atoms with E-state index in [0.29, 0.717) is 22.3 Å². The molecule has 10 heteroatoms. The highest BCUT2D eigenvalue weighted by Gasteiger charge is 2.33. The van der Waals surface area contributed by atoms with Gasteiger partial charge in [0.1, 0.15) is 6.61 Å². The second-order valence-corrected chi connectivity index (χ2v) is 7.93. The smallest absolute Gasteiger partial charge is 0.338 e. The van der Waals surface area contributed by atoms with Crippen LogP contribution < -0.4 is 4.72 Å². The van der Waals surface area contributed by atoms with Crippen LogP contribution in [0.4, 0.5) is 0 Å². The number of ether oxygens (including phenoxy) is 2. The minimum absolute atomic E-state index is 0.0168. The second-order valence-electron chi connectivity index (χ2n) is 6.26. The lowest BCUT2D eigenvalue weighted by Crippen LogP contribution is -2.29. The number of hydrogen-bond acceptors (Lipinski definition) is 7. The predicted octanol–water partition coefficient (Wildman–Crippen LogP) is 1.01. The molecule has 1 amide bonds. The number of benzene rings is 2. The molecule has 0 aliphatic carbocycles. The number of esters is 2. The zero-order valence-electron chi connectivity index (χ0n) is 15.5. The third-order valence-electron chi connectivity index (χ3n) is 4.20. The molecule has 0 spiro atoms. The van der Waals surface area contributed by atoms with Gasteiger partial charge in [-0.25, -0.2) is 14.3 Å². The van der Waals surface area contributed by atoms with Crippen LogP contribution in [0.5, 0.6) is 0 Å². The van der Waals surface area contributed by atoms with Crippen molar-refractivity contribution in [2.24, 2.45) is 0 Å². The van der Waals surface area contributed by atoms with Gasteiger partial charge in [0.15, 0.2) is 0 Å². The van der Waals surface area contributed by atoms with Crippen LogP contribution in [0.1, 0.15) is 31.8 Å². The largest absolute Gasteiger partial charge is 0.465 e. The van der Waals surface area contributed by atoms with Gasteiger partial charge in [0.05, 0.1) is 24.8 Å². The molecule has 0 saturated carbocycles. The fourth-order valence-electron chi connectivity index (χ4n) is 2.66. The van der Waals surface area contributed by atoms with E-state index in [4.69, 9.17) is 4.74 Å². The Kier molecular flexibility index (Phi) is 5.95. The quantitative estimate of drug-likeness (QED) is 0.695. The lowest BCUT2D eigenvalue weighted by atomic mass is 10.1. The molecule has 1 aliphatic heterocycles. The fraction of sp³-hybridized carbons (Fsp3) is 0.211. The molecule has 2 aromatic rings. The molecular weight excluding hydrogens is 400 g/mol. The molecule has 1 N–H and O–H groups in total. The third-order valence-corrected chi connectivity index (χ3v) is 5.62. The van der Waals surface area contributed by atoms with E-state index in [1.54, 1.807) is 36.4 Å². The van der Waals surface area contributed by atoms with Crippen LogP contribution >= 0.6 is 0 Å². The van der Waals surface area contributed by atoms with Crippen LogP contribution in [-0.4, -0.2) is 44.2 Å². The summed E-state index contributed by atoms with van der Waals surface area (Å²) < 4.78 is 36.3. The van der Waals surface area contributed by atoms with Crippen molar-refractivity contribution in [2.75, 3.05) is 13.7 Å². The first-order chi connectivity index (χ1) is 13.8. The number of carbonyl (C=O) groups excluding carboxylic acids is 3. The van der Waals surface area contributed by atoms with Crippen LogP contribution in [0.2, 0.25) is 0 Å². The molecular formula is C19H18N2O7S. The summed E-state index contributed by atoms with van der Waals surface area (Å²) >= 11 is 0. The van der Waals surface area contributed by atoms with Crippen LogP contribution in [0.25, 0.3) is 0 Å². The molecule has 29 heavy (non-hydrogen) atoms. The van der Waals surface area contributed by atoms with E-state index in [0.717, 1.165) is 4.31 Å². The van der Waals surface area contributed by atoms with Gasteiger partial charge in [-0.05, 0) is 35.4 Å². The van der Waals surface area contributed by atoms with Crippen molar-refractivity contribution < 1.29 is 32.3 Å². The minimum atomic E-state index is -3.80. The highest BCUT2D eigenvalue weighted by atomic mass is 32.2. The van der Waals surface area contributed by atoms with Gasteiger partial charge in [0, 0.05) is 6.54 Å². The molecule has 0 radical (unpaired) electrons. The van der Waals surface area contributed by atoms with Gasteiger partial charge < -0.3 is 9.47 Å². The Bertz CT molecular complexity index is 1030. The monoisotopic (exact) mass is 418 g/mol. The molecule has 3 rings (SSSR count). The molecule has 0 unspecified atom stereocenters. The van der Waals surface area contributed by atoms with Crippen molar-refractivity contribution in [3.8, 4) is 0 Å². The summed E-state index contributed by atoms with van der Waals surface area (Å²) in [6.07, 6.45) is 0. The van der Waals surface area contributed by atoms with E-state index in [1.165, 1.54) is 19.2 Å². The summed E-state index contributed by atoms with van der Waals surface area (Å²) in [5.41, 5.74) is 2.03. The summed E-state index contributed by atoms with van der Waals surface area (Å²) in [4.78, 5) is 34.8. The van der Waals surface area contributed by atoms with Gasteiger partial charge in [0.2, 0.25) is 5.91 Å². The Morgan fingerprint density at radius 2 is 1.52 bits per heavy atom. The first-order valence-corrected chi connectivity index (χ1v) is 9.96. The SMILES string of the molecule is COC(=O)c1ccc(COC(=O)c2ccc(CN3CC(=O)NS3(=O)=O)cc2)cc1. The molecule has 152 valence electrons. The maximum atomic E-state index is 12.2. The van der Waals surface area contributed by atoms with Crippen molar-refractivity contribution in [3.05, 3.63) is 70.8 Å². The summed E-state index contributed by atoms with van der Waals surface area (Å²) in [6, 6.07) is 12.7. The number of nitrogens with one attached hydrogen (secondary N) is 1. The van der Waals surface area contributed by atoms with E-state index in [2.05, 4.69) is 4.74 Å². The number of amides is 1. The van der Waals surface area contributed by atoms with Crippen molar-refractivity contribution in [3.63, 3.8) is 0 Å². The Labute approximate surface area is 167 Å². The molecule has 1 saturated heterocycles. The maximum absolute atomic E-state index is 12.2. The zero-order valence-corrected chi connectivity index (χ0v) is 16.3. The molecule has 0 bridgehead atoms. The minimum Gasteiger partial charge on any atom is -0.465 e. The van der Waals surface area contributed by atoms with Crippen molar-refractivity contribution in [1.82, 2.24) is 9.03 Å². The summed E-state index contributed by atoms with van der Waals surface area (Å²) in [5, 5.41) is 0. The molecule has 1 heterocycles. The molecule has 1 fully saturated rings. The highest BCUT2D eigenvalue weighted by molar-refractivity contribution is 7.88. The molecule has 0 atom stereocenters. The van der Waals surface area contributed by atoms with Gasteiger partial charge in [-0.2, -0.15) is 12.7 Å². The average Bonchev–Trinajstić information content (AvgIpc) is 2.97. The number of methoxy groups -OCH3 is 1. The molecule has 0 aromatic heterocycles. The second kappa shape index (κ2) is 8.41.